The third-order valence-electron chi connectivity index (χ3n) is 2.97. The Kier molecular flexibility index (Phi) is 4.46. The molecule has 0 unspecified atom stereocenters. The van der Waals surface area contributed by atoms with E-state index in [2.05, 4.69) is 19.9 Å². The third kappa shape index (κ3) is 3.40. The van der Waals surface area contributed by atoms with Crippen LogP contribution in [0.5, 0.6) is 0 Å². The van der Waals surface area contributed by atoms with Gasteiger partial charge < -0.3 is 10.3 Å². The highest BCUT2D eigenvalue weighted by Gasteiger charge is 2.02. The van der Waals surface area contributed by atoms with Crippen molar-refractivity contribution in [3.8, 4) is 0 Å². The molecule has 2 heterocycles. The van der Waals surface area contributed by atoms with Crippen molar-refractivity contribution in [2.24, 2.45) is 5.73 Å². The topological polar surface area (TPSA) is 74.5 Å². The molecule has 6 heteroatoms. The molecule has 0 bridgehead atoms. The second kappa shape index (κ2) is 6.30. The molecular formula is C12H20N6. The Morgan fingerprint density at radius 1 is 1.28 bits per heavy atom. The zero-order valence-corrected chi connectivity index (χ0v) is 10.8. The third-order valence-corrected chi connectivity index (χ3v) is 2.97. The van der Waals surface area contributed by atoms with Gasteiger partial charge in [-0.05, 0) is 32.7 Å². The van der Waals surface area contributed by atoms with Crippen molar-refractivity contribution in [1.82, 2.24) is 24.5 Å². The largest absolute Gasteiger partial charge is 0.333 e. The second-order valence-corrected chi connectivity index (χ2v) is 4.39. The smallest absolute Gasteiger partial charge is 0.105 e. The standard InChI is InChI=1S/C12H20N6/c1-11-14-6-7-17(11)8-9-18-10-12(15-16-18)4-2-3-5-13/h6-7,10H,2-5,8-9,13H2,1H3. The molecule has 18 heavy (non-hydrogen) atoms. The van der Waals surface area contributed by atoms with Gasteiger partial charge >= 0.3 is 0 Å². The van der Waals surface area contributed by atoms with Crippen LogP contribution in [0.4, 0.5) is 0 Å². The van der Waals surface area contributed by atoms with E-state index in [0.29, 0.717) is 0 Å². The van der Waals surface area contributed by atoms with E-state index in [4.69, 9.17) is 5.73 Å². The van der Waals surface area contributed by atoms with Crippen LogP contribution in [0.2, 0.25) is 0 Å². The normalized spacial score (nSPS) is 11.0. The lowest BCUT2D eigenvalue weighted by Crippen LogP contribution is -2.08. The van der Waals surface area contributed by atoms with Gasteiger partial charge in [0.2, 0.25) is 0 Å². The summed E-state index contributed by atoms with van der Waals surface area (Å²) < 4.78 is 3.99. The summed E-state index contributed by atoms with van der Waals surface area (Å²) in [5.41, 5.74) is 6.51. The van der Waals surface area contributed by atoms with Crippen molar-refractivity contribution in [1.29, 1.82) is 0 Å². The van der Waals surface area contributed by atoms with Crippen LogP contribution in [0.15, 0.2) is 18.6 Å². The fourth-order valence-corrected chi connectivity index (χ4v) is 1.86. The Labute approximate surface area is 107 Å². The maximum absolute atomic E-state index is 5.46. The lowest BCUT2D eigenvalue weighted by atomic mass is 10.2. The fourth-order valence-electron chi connectivity index (χ4n) is 1.86. The van der Waals surface area contributed by atoms with E-state index in [1.165, 1.54) is 0 Å². The first kappa shape index (κ1) is 12.8. The minimum Gasteiger partial charge on any atom is -0.333 e. The van der Waals surface area contributed by atoms with Crippen LogP contribution in [0.25, 0.3) is 0 Å². The van der Waals surface area contributed by atoms with E-state index in [-0.39, 0.29) is 0 Å². The van der Waals surface area contributed by atoms with Crippen molar-refractivity contribution in [2.45, 2.75) is 39.3 Å². The minimum absolute atomic E-state index is 0.744. The molecule has 0 amide bonds. The summed E-state index contributed by atoms with van der Waals surface area (Å²) in [5, 5.41) is 8.28. The molecule has 98 valence electrons. The maximum atomic E-state index is 5.46. The molecule has 0 saturated heterocycles. The Bertz CT molecular complexity index is 472. The fraction of sp³-hybridized carbons (Fsp3) is 0.583. The molecule has 2 rings (SSSR count). The Hall–Kier alpha value is -1.69. The van der Waals surface area contributed by atoms with Crippen molar-refractivity contribution in [3.63, 3.8) is 0 Å². The number of aromatic nitrogens is 5. The molecule has 2 aromatic heterocycles. The predicted molar refractivity (Wildman–Crippen MR) is 69.0 cm³/mol. The highest BCUT2D eigenvalue weighted by atomic mass is 15.4. The highest BCUT2D eigenvalue weighted by Crippen LogP contribution is 2.01. The molecular weight excluding hydrogens is 228 g/mol. The van der Waals surface area contributed by atoms with Crippen molar-refractivity contribution in [3.05, 3.63) is 30.1 Å². The van der Waals surface area contributed by atoms with E-state index < -0.39 is 0 Å². The molecule has 0 saturated carbocycles. The van der Waals surface area contributed by atoms with E-state index in [1.54, 1.807) is 0 Å². The van der Waals surface area contributed by atoms with Gasteiger partial charge in [0.1, 0.15) is 5.82 Å². The van der Waals surface area contributed by atoms with Crippen molar-refractivity contribution >= 4 is 0 Å². The SMILES string of the molecule is Cc1nccn1CCn1cc(CCCCN)nn1. The van der Waals surface area contributed by atoms with E-state index in [1.807, 2.05) is 30.2 Å². The van der Waals surface area contributed by atoms with Gasteiger partial charge in [0, 0.05) is 25.1 Å². The summed E-state index contributed by atoms with van der Waals surface area (Å²) in [6, 6.07) is 0. The summed E-state index contributed by atoms with van der Waals surface area (Å²) in [6.45, 7) is 4.44. The first-order valence-electron chi connectivity index (χ1n) is 6.36. The zero-order chi connectivity index (χ0) is 12.8. The van der Waals surface area contributed by atoms with Gasteiger partial charge in [0.05, 0.1) is 12.2 Å². The van der Waals surface area contributed by atoms with Crippen LogP contribution < -0.4 is 5.73 Å². The number of rotatable bonds is 7. The van der Waals surface area contributed by atoms with Crippen LogP contribution in [0.1, 0.15) is 24.4 Å². The van der Waals surface area contributed by atoms with Crippen LogP contribution in [0.3, 0.4) is 0 Å². The number of unbranched alkanes of at least 4 members (excludes halogenated alkanes) is 1. The molecule has 0 aliphatic heterocycles. The van der Waals surface area contributed by atoms with E-state index in [9.17, 15) is 0 Å². The molecule has 0 atom stereocenters. The summed E-state index contributed by atoms with van der Waals surface area (Å²) in [7, 11) is 0. The molecule has 0 aliphatic carbocycles. The molecule has 0 spiro atoms. The lowest BCUT2D eigenvalue weighted by molar-refractivity contribution is 0.513. The van der Waals surface area contributed by atoms with Crippen LogP contribution in [-0.4, -0.2) is 31.1 Å². The second-order valence-electron chi connectivity index (χ2n) is 4.39. The Morgan fingerprint density at radius 2 is 2.17 bits per heavy atom. The van der Waals surface area contributed by atoms with Gasteiger partial charge in [-0.15, -0.1) is 5.10 Å². The minimum atomic E-state index is 0.744. The van der Waals surface area contributed by atoms with Crippen LogP contribution in [-0.2, 0) is 19.5 Å². The molecule has 0 aromatic carbocycles. The van der Waals surface area contributed by atoms with Gasteiger partial charge in [0.15, 0.2) is 0 Å². The first-order chi connectivity index (χ1) is 8.79. The van der Waals surface area contributed by atoms with Crippen molar-refractivity contribution < 1.29 is 0 Å². The quantitative estimate of drug-likeness (QED) is 0.734. The number of imidazole rings is 1. The average Bonchev–Trinajstić information content (AvgIpc) is 2.96. The van der Waals surface area contributed by atoms with Crippen LogP contribution >= 0.6 is 0 Å². The zero-order valence-electron chi connectivity index (χ0n) is 10.8. The monoisotopic (exact) mass is 248 g/mol. The Morgan fingerprint density at radius 3 is 2.89 bits per heavy atom. The van der Waals surface area contributed by atoms with Crippen LogP contribution in [0, 0.1) is 6.92 Å². The number of hydrogen-bond acceptors (Lipinski definition) is 4. The Balaban J connectivity index is 1.81. The van der Waals surface area contributed by atoms with Crippen molar-refractivity contribution in [2.75, 3.05) is 6.54 Å². The average molecular weight is 248 g/mol. The predicted octanol–water partition coefficient (Wildman–Crippen LogP) is 0.765. The first-order valence-corrected chi connectivity index (χ1v) is 6.36. The molecule has 2 aromatic rings. The molecule has 2 N–H and O–H groups in total. The summed E-state index contributed by atoms with van der Waals surface area (Å²) in [4.78, 5) is 4.19. The van der Waals surface area contributed by atoms with Gasteiger partial charge in [-0.1, -0.05) is 5.21 Å². The number of nitrogens with two attached hydrogens (primary N) is 1. The lowest BCUT2D eigenvalue weighted by Gasteiger charge is -2.03. The van der Waals surface area contributed by atoms with Gasteiger partial charge in [-0.2, -0.15) is 0 Å². The number of nitrogens with zero attached hydrogens (tertiary/aromatic N) is 5. The van der Waals surface area contributed by atoms with Gasteiger partial charge in [-0.3, -0.25) is 4.68 Å². The van der Waals surface area contributed by atoms with E-state index >= 15 is 0 Å². The van der Waals surface area contributed by atoms with Gasteiger partial charge in [-0.25, -0.2) is 4.98 Å². The molecule has 0 aliphatic rings. The maximum Gasteiger partial charge on any atom is 0.105 e. The number of hydrogen-bond donors (Lipinski definition) is 1. The highest BCUT2D eigenvalue weighted by molar-refractivity contribution is 4.93. The van der Waals surface area contributed by atoms with Gasteiger partial charge in [0.25, 0.3) is 0 Å². The summed E-state index contributed by atoms with van der Waals surface area (Å²) in [6.07, 6.45) is 8.89. The molecule has 0 fully saturated rings. The summed E-state index contributed by atoms with van der Waals surface area (Å²) >= 11 is 0. The molecule has 0 radical (unpaired) electrons. The molecule has 6 nitrogen and oxygen atoms in total. The summed E-state index contributed by atoms with van der Waals surface area (Å²) in [5.74, 6) is 1.03. The van der Waals surface area contributed by atoms with E-state index in [0.717, 1.165) is 50.4 Å². The number of aryl methyl sites for hydroxylation is 4.